The molecule has 158 valence electrons. The zero-order chi connectivity index (χ0) is 22.0. The average molecular weight is 453 g/mol. The molecule has 0 radical (unpaired) electrons. The molecule has 0 spiro atoms. The highest BCUT2D eigenvalue weighted by Gasteiger charge is 2.20. The van der Waals surface area contributed by atoms with Gasteiger partial charge in [0.2, 0.25) is 10.0 Å². The summed E-state index contributed by atoms with van der Waals surface area (Å²) in [6, 6.07) is 19.5. The SMILES string of the molecule is CN(C)S(=O)(=O)c1ccc(NC(=O)c2cn(-c3ccccc3)nc2-c2cccs2)cc1. The number of nitrogens with one attached hydrogen (secondary N) is 1. The van der Waals surface area contributed by atoms with Crippen LogP contribution in [0.15, 0.2) is 83.2 Å². The Labute approximate surface area is 184 Å². The molecule has 0 aliphatic carbocycles. The van der Waals surface area contributed by atoms with Crippen LogP contribution in [0.4, 0.5) is 5.69 Å². The minimum atomic E-state index is -3.53. The Morgan fingerprint density at radius 3 is 2.32 bits per heavy atom. The first-order chi connectivity index (χ1) is 14.9. The van der Waals surface area contributed by atoms with Gasteiger partial charge in [-0.15, -0.1) is 11.3 Å². The molecule has 7 nitrogen and oxygen atoms in total. The van der Waals surface area contributed by atoms with Gasteiger partial charge in [-0.1, -0.05) is 24.3 Å². The number of carbonyl (C=O) groups excluding carboxylic acids is 1. The summed E-state index contributed by atoms with van der Waals surface area (Å²) >= 11 is 1.50. The topological polar surface area (TPSA) is 84.3 Å². The van der Waals surface area contributed by atoms with Gasteiger partial charge >= 0.3 is 0 Å². The average Bonchev–Trinajstić information content (AvgIpc) is 3.44. The number of anilines is 1. The second-order valence-electron chi connectivity index (χ2n) is 6.91. The first-order valence-electron chi connectivity index (χ1n) is 9.39. The zero-order valence-electron chi connectivity index (χ0n) is 16.9. The van der Waals surface area contributed by atoms with E-state index in [4.69, 9.17) is 0 Å². The van der Waals surface area contributed by atoms with Crippen molar-refractivity contribution in [3.05, 3.63) is 83.9 Å². The number of hydrogen-bond acceptors (Lipinski definition) is 5. The van der Waals surface area contributed by atoms with Crippen molar-refractivity contribution in [3.63, 3.8) is 0 Å². The van der Waals surface area contributed by atoms with Crippen LogP contribution in [0.5, 0.6) is 0 Å². The molecule has 0 saturated carbocycles. The Balaban J connectivity index is 1.65. The third-order valence-electron chi connectivity index (χ3n) is 4.62. The van der Waals surface area contributed by atoms with Crippen LogP contribution < -0.4 is 5.32 Å². The maximum absolute atomic E-state index is 13.1. The van der Waals surface area contributed by atoms with Crippen molar-refractivity contribution in [2.45, 2.75) is 4.90 Å². The molecule has 0 aliphatic heterocycles. The largest absolute Gasteiger partial charge is 0.322 e. The molecular weight excluding hydrogens is 432 g/mol. The number of amides is 1. The number of rotatable bonds is 6. The van der Waals surface area contributed by atoms with E-state index in [9.17, 15) is 13.2 Å². The molecule has 1 amide bonds. The molecule has 1 N–H and O–H groups in total. The van der Waals surface area contributed by atoms with Gasteiger partial charge in [0.25, 0.3) is 5.91 Å². The second-order valence-corrected chi connectivity index (χ2v) is 10.0. The molecule has 0 atom stereocenters. The van der Waals surface area contributed by atoms with E-state index < -0.39 is 10.0 Å². The second kappa shape index (κ2) is 8.46. The van der Waals surface area contributed by atoms with Crippen LogP contribution in [0.25, 0.3) is 16.3 Å². The molecule has 2 aromatic heterocycles. The first kappa shape index (κ1) is 21.0. The van der Waals surface area contributed by atoms with Crippen LogP contribution in [0, 0.1) is 0 Å². The Kier molecular flexibility index (Phi) is 5.73. The lowest BCUT2D eigenvalue weighted by atomic mass is 10.2. The monoisotopic (exact) mass is 452 g/mol. The lowest BCUT2D eigenvalue weighted by molar-refractivity contribution is 0.102. The van der Waals surface area contributed by atoms with Gasteiger partial charge in [0.05, 0.1) is 21.0 Å². The normalized spacial score (nSPS) is 11.6. The van der Waals surface area contributed by atoms with E-state index in [1.54, 1.807) is 23.0 Å². The number of para-hydroxylation sites is 1. The Hall–Kier alpha value is -3.27. The highest BCUT2D eigenvalue weighted by Crippen LogP contribution is 2.28. The Morgan fingerprint density at radius 1 is 1.00 bits per heavy atom. The number of aromatic nitrogens is 2. The van der Waals surface area contributed by atoms with Gasteiger partial charge < -0.3 is 5.32 Å². The zero-order valence-corrected chi connectivity index (χ0v) is 18.5. The number of nitrogens with zero attached hydrogens (tertiary/aromatic N) is 3. The number of benzene rings is 2. The lowest BCUT2D eigenvalue weighted by Crippen LogP contribution is -2.22. The quantitative estimate of drug-likeness (QED) is 0.477. The minimum absolute atomic E-state index is 0.159. The van der Waals surface area contributed by atoms with Crippen LogP contribution in [-0.2, 0) is 10.0 Å². The molecule has 0 unspecified atom stereocenters. The number of carbonyl (C=O) groups is 1. The van der Waals surface area contributed by atoms with E-state index in [1.807, 2.05) is 47.8 Å². The van der Waals surface area contributed by atoms with E-state index in [0.29, 0.717) is 16.9 Å². The summed E-state index contributed by atoms with van der Waals surface area (Å²) in [5.74, 6) is -0.325. The van der Waals surface area contributed by atoms with Crippen molar-refractivity contribution in [1.82, 2.24) is 14.1 Å². The van der Waals surface area contributed by atoms with E-state index in [-0.39, 0.29) is 10.8 Å². The summed E-state index contributed by atoms with van der Waals surface area (Å²) in [6.07, 6.45) is 1.70. The molecule has 4 aromatic rings. The third-order valence-corrected chi connectivity index (χ3v) is 7.33. The van der Waals surface area contributed by atoms with E-state index in [0.717, 1.165) is 14.9 Å². The number of sulfonamides is 1. The summed E-state index contributed by atoms with van der Waals surface area (Å²) in [6.45, 7) is 0. The molecule has 31 heavy (non-hydrogen) atoms. The predicted molar refractivity (Wildman–Crippen MR) is 122 cm³/mol. The smallest absolute Gasteiger partial charge is 0.259 e. The molecule has 4 rings (SSSR count). The van der Waals surface area contributed by atoms with Crippen molar-refractivity contribution in [2.75, 3.05) is 19.4 Å². The van der Waals surface area contributed by atoms with Gasteiger partial charge in [0.15, 0.2) is 0 Å². The van der Waals surface area contributed by atoms with Crippen LogP contribution >= 0.6 is 11.3 Å². The maximum atomic E-state index is 13.1. The van der Waals surface area contributed by atoms with Crippen molar-refractivity contribution in [1.29, 1.82) is 0 Å². The fourth-order valence-corrected chi connectivity index (χ4v) is 4.59. The van der Waals surface area contributed by atoms with Gasteiger partial charge in [-0.2, -0.15) is 5.10 Å². The standard InChI is InChI=1S/C22H20N4O3S2/c1-25(2)31(28,29)18-12-10-16(11-13-18)23-22(27)19-15-26(17-7-4-3-5-8-17)24-21(19)20-9-6-14-30-20/h3-15H,1-2H3,(H,23,27). The summed E-state index contributed by atoms with van der Waals surface area (Å²) in [5, 5.41) is 9.40. The van der Waals surface area contributed by atoms with Crippen molar-refractivity contribution in [2.24, 2.45) is 0 Å². The van der Waals surface area contributed by atoms with E-state index in [1.165, 1.54) is 37.6 Å². The van der Waals surface area contributed by atoms with Gasteiger partial charge in [0.1, 0.15) is 5.69 Å². The number of thiophene rings is 1. The number of hydrogen-bond donors (Lipinski definition) is 1. The van der Waals surface area contributed by atoms with Crippen LogP contribution in [-0.4, -0.2) is 42.5 Å². The summed E-state index contributed by atoms with van der Waals surface area (Å²) in [5.41, 5.74) is 2.35. The molecule has 0 fully saturated rings. The summed E-state index contributed by atoms with van der Waals surface area (Å²) in [4.78, 5) is 14.1. The van der Waals surface area contributed by atoms with Gasteiger partial charge in [-0.25, -0.2) is 17.4 Å². The fraction of sp³-hybridized carbons (Fsp3) is 0.0909. The van der Waals surface area contributed by atoms with Crippen LogP contribution in [0.3, 0.4) is 0 Å². The fourth-order valence-electron chi connectivity index (χ4n) is 2.97. The van der Waals surface area contributed by atoms with Gasteiger partial charge in [0, 0.05) is 26.0 Å². The van der Waals surface area contributed by atoms with E-state index in [2.05, 4.69) is 10.4 Å². The first-order valence-corrected chi connectivity index (χ1v) is 11.7. The maximum Gasteiger partial charge on any atom is 0.259 e. The van der Waals surface area contributed by atoms with Crippen LogP contribution in [0.2, 0.25) is 0 Å². The summed E-state index contributed by atoms with van der Waals surface area (Å²) < 4.78 is 27.3. The van der Waals surface area contributed by atoms with E-state index >= 15 is 0 Å². The van der Waals surface area contributed by atoms with Gasteiger partial charge in [-0.3, -0.25) is 4.79 Å². The molecule has 0 bridgehead atoms. The van der Waals surface area contributed by atoms with Gasteiger partial charge in [-0.05, 0) is 47.8 Å². The van der Waals surface area contributed by atoms with Crippen LogP contribution in [0.1, 0.15) is 10.4 Å². The highest BCUT2D eigenvalue weighted by atomic mass is 32.2. The Morgan fingerprint density at radius 2 is 1.71 bits per heavy atom. The molecule has 2 aromatic carbocycles. The minimum Gasteiger partial charge on any atom is -0.322 e. The molecule has 9 heteroatoms. The van der Waals surface area contributed by atoms with Crippen molar-refractivity contribution >= 4 is 33.0 Å². The molecular formula is C22H20N4O3S2. The third kappa shape index (κ3) is 4.29. The molecule has 2 heterocycles. The lowest BCUT2D eigenvalue weighted by Gasteiger charge is -2.12. The van der Waals surface area contributed by atoms with Crippen molar-refractivity contribution < 1.29 is 13.2 Å². The highest BCUT2D eigenvalue weighted by molar-refractivity contribution is 7.89. The predicted octanol–water partition coefficient (Wildman–Crippen LogP) is 4.10. The molecule has 0 aliphatic rings. The van der Waals surface area contributed by atoms with Crippen molar-refractivity contribution in [3.8, 4) is 16.3 Å². The Bertz CT molecular complexity index is 1290. The summed E-state index contributed by atoms with van der Waals surface area (Å²) in [7, 11) is -0.582. The molecule has 0 saturated heterocycles.